The summed E-state index contributed by atoms with van der Waals surface area (Å²) in [5.41, 5.74) is 4.93. The number of hydrogen-bond acceptors (Lipinski definition) is 4. The Morgan fingerprint density at radius 1 is 0.391 bits per heavy atom. The van der Waals surface area contributed by atoms with Gasteiger partial charge in [0.2, 0.25) is 0 Å². The Kier molecular flexibility index (Phi) is 24.9. The summed E-state index contributed by atoms with van der Waals surface area (Å²) in [7, 11) is 4.34. The summed E-state index contributed by atoms with van der Waals surface area (Å²) in [5.74, 6) is 0. The maximum absolute atomic E-state index is 6.00. The summed E-state index contributed by atoms with van der Waals surface area (Å²) < 4.78 is 12.0. The molecule has 0 aromatic heterocycles. The van der Waals surface area contributed by atoms with Crippen molar-refractivity contribution < 1.29 is 9.47 Å². The maximum Gasteiger partial charge on any atom is 0.0992 e. The quantitative estimate of drug-likeness (QED) is 0.0607. The topological polar surface area (TPSA) is 24.9 Å². The van der Waals surface area contributed by atoms with Crippen molar-refractivity contribution in [2.75, 3.05) is 40.6 Å². The Labute approximate surface area is 285 Å². The highest BCUT2D eigenvalue weighted by Crippen LogP contribution is 2.21. The van der Waals surface area contributed by atoms with Crippen molar-refractivity contribution in [1.29, 1.82) is 0 Å². The van der Waals surface area contributed by atoms with Crippen molar-refractivity contribution in [3.8, 4) is 11.1 Å². The summed E-state index contributed by atoms with van der Waals surface area (Å²) in [4.78, 5) is 4.61. The van der Waals surface area contributed by atoms with Crippen LogP contribution in [-0.4, -0.2) is 50.4 Å². The first-order chi connectivity index (χ1) is 22.6. The second-order valence-corrected chi connectivity index (χ2v) is 13.9. The van der Waals surface area contributed by atoms with Gasteiger partial charge in [-0.05, 0) is 62.3 Å². The van der Waals surface area contributed by atoms with E-state index in [-0.39, 0.29) is 0 Å². The monoisotopic (exact) mass is 637 g/mol. The summed E-state index contributed by atoms with van der Waals surface area (Å²) in [6, 6.07) is 17.6. The summed E-state index contributed by atoms with van der Waals surface area (Å²) in [5, 5.41) is 0. The molecular formula is C42H72N2O2. The largest absolute Gasteiger partial charge is 0.361 e. The molecule has 46 heavy (non-hydrogen) atoms. The lowest BCUT2D eigenvalue weighted by molar-refractivity contribution is 0.0316. The van der Waals surface area contributed by atoms with Gasteiger partial charge in [-0.2, -0.15) is 0 Å². The van der Waals surface area contributed by atoms with Crippen LogP contribution in [0, 0.1) is 0 Å². The fourth-order valence-corrected chi connectivity index (χ4v) is 6.09. The van der Waals surface area contributed by atoms with Crippen LogP contribution in [0.4, 0.5) is 0 Å². The molecule has 0 N–H and O–H groups in total. The molecule has 0 aliphatic rings. The van der Waals surface area contributed by atoms with Gasteiger partial charge in [0.05, 0.1) is 26.7 Å². The van der Waals surface area contributed by atoms with E-state index in [0.29, 0.717) is 26.7 Å². The first kappa shape index (κ1) is 40.5. The van der Waals surface area contributed by atoms with Gasteiger partial charge in [-0.3, -0.25) is 9.80 Å². The second-order valence-electron chi connectivity index (χ2n) is 13.9. The molecule has 0 unspecified atom stereocenters. The zero-order valence-corrected chi connectivity index (χ0v) is 30.7. The molecular weight excluding hydrogens is 564 g/mol. The molecule has 0 aliphatic heterocycles. The molecule has 0 radical (unpaired) electrons. The summed E-state index contributed by atoms with van der Waals surface area (Å²) in [6.45, 7) is 9.51. The third-order valence-electron chi connectivity index (χ3n) is 9.19. The van der Waals surface area contributed by atoms with Gasteiger partial charge in [-0.25, -0.2) is 0 Å². The molecule has 0 atom stereocenters. The van der Waals surface area contributed by atoms with Crippen molar-refractivity contribution in [2.24, 2.45) is 0 Å². The lowest BCUT2D eigenvalue weighted by atomic mass is 10.0. The molecule has 0 aliphatic carbocycles. The Balaban J connectivity index is 1.50. The molecule has 0 amide bonds. The standard InChI is InChI=1S/C42H72N2O2/c1-5-7-9-11-13-15-17-19-21-23-33-43(3)37-45-35-39-25-29-41(30-26-39)42-31-27-40(28-32-42)36-46-38-44(4)34-24-22-20-18-16-14-12-10-8-6-2/h25-32H,5-24,33-38H2,1-4H3. The van der Waals surface area contributed by atoms with Gasteiger partial charge in [0, 0.05) is 0 Å². The van der Waals surface area contributed by atoms with Crippen LogP contribution in [0.1, 0.15) is 153 Å². The average molecular weight is 637 g/mol. The van der Waals surface area contributed by atoms with Gasteiger partial charge in [0.1, 0.15) is 0 Å². The lowest BCUT2D eigenvalue weighted by Crippen LogP contribution is -2.22. The highest BCUT2D eigenvalue weighted by molar-refractivity contribution is 5.63. The van der Waals surface area contributed by atoms with Crippen LogP contribution in [-0.2, 0) is 22.7 Å². The van der Waals surface area contributed by atoms with Crippen molar-refractivity contribution in [2.45, 2.75) is 155 Å². The van der Waals surface area contributed by atoms with Crippen molar-refractivity contribution in [3.05, 3.63) is 59.7 Å². The minimum absolute atomic E-state index is 0.659. The third kappa shape index (κ3) is 21.2. The number of unbranched alkanes of at least 4 members (excludes halogenated alkanes) is 18. The van der Waals surface area contributed by atoms with Gasteiger partial charge < -0.3 is 9.47 Å². The molecule has 0 heterocycles. The molecule has 262 valence electrons. The van der Waals surface area contributed by atoms with Crippen LogP contribution in [0.3, 0.4) is 0 Å². The minimum atomic E-state index is 0.659. The molecule has 0 bridgehead atoms. The Hall–Kier alpha value is -1.72. The average Bonchev–Trinajstić information content (AvgIpc) is 3.07. The van der Waals surface area contributed by atoms with E-state index in [1.165, 1.54) is 151 Å². The van der Waals surface area contributed by atoms with Gasteiger partial charge in [-0.15, -0.1) is 0 Å². The van der Waals surface area contributed by atoms with Crippen molar-refractivity contribution in [1.82, 2.24) is 9.80 Å². The van der Waals surface area contributed by atoms with Crippen LogP contribution in [0.15, 0.2) is 48.5 Å². The molecule has 0 saturated heterocycles. The zero-order chi connectivity index (χ0) is 32.9. The van der Waals surface area contributed by atoms with E-state index in [9.17, 15) is 0 Å². The maximum atomic E-state index is 6.00. The SMILES string of the molecule is CCCCCCCCCCCCN(C)COCc1ccc(-c2ccc(COCN(C)CCCCCCCCCCCC)cc2)cc1. The van der Waals surface area contributed by atoms with E-state index >= 15 is 0 Å². The van der Waals surface area contributed by atoms with Crippen molar-refractivity contribution >= 4 is 0 Å². The molecule has 0 spiro atoms. The molecule has 0 fully saturated rings. The first-order valence-corrected chi connectivity index (χ1v) is 19.3. The van der Waals surface area contributed by atoms with Crippen LogP contribution < -0.4 is 0 Å². The van der Waals surface area contributed by atoms with Gasteiger partial charge in [0.25, 0.3) is 0 Å². The lowest BCUT2D eigenvalue weighted by Gasteiger charge is -2.17. The Bertz CT molecular complexity index is 852. The Morgan fingerprint density at radius 3 is 0.978 bits per heavy atom. The van der Waals surface area contributed by atoms with Crippen LogP contribution in [0.5, 0.6) is 0 Å². The number of ether oxygens (including phenoxy) is 2. The second kappa shape index (κ2) is 28.3. The first-order valence-electron chi connectivity index (χ1n) is 19.3. The van der Waals surface area contributed by atoms with Gasteiger partial charge in [0.15, 0.2) is 0 Å². The van der Waals surface area contributed by atoms with Gasteiger partial charge >= 0.3 is 0 Å². The smallest absolute Gasteiger partial charge is 0.0992 e. The van der Waals surface area contributed by atoms with E-state index in [2.05, 4.69) is 86.3 Å². The van der Waals surface area contributed by atoms with Crippen LogP contribution >= 0.6 is 0 Å². The highest BCUT2D eigenvalue weighted by atomic mass is 16.5. The fourth-order valence-electron chi connectivity index (χ4n) is 6.09. The summed E-state index contributed by atoms with van der Waals surface area (Å²) >= 11 is 0. The van der Waals surface area contributed by atoms with E-state index in [4.69, 9.17) is 9.47 Å². The normalized spacial score (nSPS) is 11.7. The van der Waals surface area contributed by atoms with Gasteiger partial charge in [-0.1, -0.05) is 178 Å². The zero-order valence-electron chi connectivity index (χ0n) is 30.7. The van der Waals surface area contributed by atoms with E-state index in [1.54, 1.807) is 0 Å². The number of rotatable bonds is 31. The molecule has 2 aromatic rings. The molecule has 4 nitrogen and oxygen atoms in total. The third-order valence-corrected chi connectivity index (χ3v) is 9.19. The number of hydrogen-bond donors (Lipinski definition) is 0. The van der Waals surface area contributed by atoms with E-state index in [0.717, 1.165) is 13.1 Å². The molecule has 2 aromatic carbocycles. The molecule has 4 heteroatoms. The van der Waals surface area contributed by atoms with Crippen molar-refractivity contribution in [3.63, 3.8) is 0 Å². The van der Waals surface area contributed by atoms with E-state index < -0.39 is 0 Å². The van der Waals surface area contributed by atoms with Crippen LogP contribution in [0.25, 0.3) is 11.1 Å². The predicted molar refractivity (Wildman–Crippen MR) is 200 cm³/mol. The fraction of sp³-hybridized carbons (Fsp3) is 0.714. The number of nitrogens with zero attached hydrogens (tertiary/aromatic N) is 2. The van der Waals surface area contributed by atoms with E-state index in [1.807, 2.05) is 0 Å². The van der Waals surface area contributed by atoms with Crippen LogP contribution in [0.2, 0.25) is 0 Å². The predicted octanol–water partition coefficient (Wildman–Crippen LogP) is 12.0. The Morgan fingerprint density at radius 2 is 0.674 bits per heavy atom. The molecule has 2 rings (SSSR count). The minimum Gasteiger partial charge on any atom is -0.361 e. The highest BCUT2D eigenvalue weighted by Gasteiger charge is 2.04. The molecule has 0 saturated carbocycles. The summed E-state index contributed by atoms with van der Waals surface area (Å²) in [6.07, 6.45) is 27.7. The number of benzene rings is 2.